The van der Waals surface area contributed by atoms with Crippen LogP contribution in [0.2, 0.25) is 0 Å². The molecule has 2 saturated carbocycles. The third-order valence-electron chi connectivity index (χ3n) is 4.50. The summed E-state index contributed by atoms with van der Waals surface area (Å²) in [5, 5.41) is 3.00. The van der Waals surface area contributed by atoms with Crippen LogP contribution in [0.1, 0.15) is 26.2 Å². The van der Waals surface area contributed by atoms with Gasteiger partial charge in [-0.15, -0.1) is 0 Å². The first-order valence-electron chi connectivity index (χ1n) is 7.50. The topological polar surface area (TPSA) is 52.7 Å². The Hall–Kier alpha value is -1.10. The Morgan fingerprint density at radius 3 is 2.37 bits per heavy atom. The summed E-state index contributed by atoms with van der Waals surface area (Å²) in [6.07, 6.45) is 2.97. The van der Waals surface area contributed by atoms with Crippen LogP contribution in [0.3, 0.4) is 0 Å². The van der Waals surface area contributed by atoms with E-state index in [0.29, 0.717) is 6.04 Å². The maximum Gasteiger partial charge on any atom is 0.226 e. The molecule has 2 atom stereocenters. The molecule has 0 aromatic carbocycles. The molecule has 2 amide bonds. The summed E-state index contributed by atoms with van der Waals surface area (Å²) in [7, 11) is 0. The largest absolute Gasteiger partial charge is 0.353 e. The number of likely N-dealkylation sites (N-methyl/N-ethyl adjacent to an activating group) is 1. The summed E-state index contributed by atoms with van der Waals surface area (Å²) in [6, 6.07) is 0.400. The first-order valence-corrected chi connectivity index (χ1v) is 7.50. The van der Waals surface area contributed by atoms with Crippen molar-refractivity contribution in [1.29, 1.82) is 0 Å². The van der Waals surface area contributed by atoms with Crippen LogP contribution in [-0.2, 0) is 9.59 Å². The number of piperazine rings is 1. The zero-order valence-electron chi connectivity index (χ0n) is 11.6. The van der Waals surface area contributed by atoms with Crippen LogP contribution < -0.4 is 5.32 Å². The van der Waals surface area contributed by atoms with E-state index in [9.17, 15) is 9.59 Å². The van der Waals surface area contributed by atoms with E-state index in [1.54, 1.807) is 0 Å². The lowest BCUT2D eigenvalue weighted by atomic mass is 10.2. The Bertz CT molecular complexity index is 373. The number of nitrogens with zero attached hydrogens (tertiary/aromatic N) is 2. The van der Waals surface area contributed by atoms with E-state index in [0.717, 1.165) is 52.0 Å². The van der Waals surface area contributed by atoms with Crippen LogP contribution in [0.5, 0.6) is 0 Å². The van der Waals surface area contributed by atoms with Crippen LogP contribution in [0.15, 0.2) is 0 Å². The van der Waals surface area contributed by atoms with Gasteiger partial charge < -0.3 is 15.1 Å². The van der Waals surface area contributed by atoms with Gasteiger partial charge in [0, 0.05) is 32.2 Å². The van der Waals surface area contributed by atoms with Crippen LogP contribution in [0, 0.1) is 11.8 Å². The smallest absolute Gasteiger partial charge is 0.226 e. The maximum atomic E-state index is 12.3. The van der Waals surface area contributed by atoms with Crippen molar-refractivity contribution >= 4 is 11.8 Å². The number of amides is 2. The molecule has 3 aliphatic rings. The molecule has 1 aliphatic heterocycles. The van der Waals surface area contributed by atoms with Gasteiger partial charge in [-0.1, -0.05) is 6.92 Å². The Morgan fingerprint density at radius 2 is 1.79 bits per heavy atom. The quantitative estimate of drug-likeness (QED) is 0.782. The van der Waals surface area contributed by atoms with Crippen molar-refractivity contribution in [2.45, 2.75) is 32.2 Å². The number of hydrogen-bond acceptors (Lipinski definition) is 3. The average Bonchev–Trinajstić information content (AvgIpc) is 3.31. The molecule has 5 heteroatoms. The monoisotopic (exact) mass is 265 g/mol. The molecule has 1 N–H and O–H groups in total. The molecule has 0 aromatic rings. The van der Waals surface area contributed by atoms with Gasteiger partial charge in [0.15, 0.2) is 0 Å². The molecule has 2 aliphatic carbocycles. The Morgan fingerprint density at radius 1 is 1.11 bits per heavy atom. The van der Waals surface area contributed by atoms with E-state index in [4.69, 9.17) is 0 Å². The van der Waals surface area contributed by atoms with Gasteiger partial charge in [0.1, 0.15) is 0 Å². The van der Waals surface area contributed by atoms with Crippen molar-refractivity contribution < 1.29 is 9.59 Å². The summed E-state index contributed by atoms with van der Waals surface area (Å²) >= 11 is 0. The van der Waals surface area contributed by atoms with Gasteiger partial charge in [-0.25, -0.2) is 0 Å². The first-order chi connectivity index (χ1) is 9.19. The van der Waals surface area contributed by atoms with Gasteiger partial charge >= 0.3 is 0 Å². The van der Waals surface area contributed by atoms with Gasteiger partial charge in [-0.3, -0.25) is 9.59 Å². The minimum Gasteiger partial charge on any atom is -0.353 e. The predicted octanol–water partition coefficient (Wildman–Crippen LogP) is 0.0652. The van der Waals surface area contributed by atoms with Gasteiger partial charge in [0.25, 0.3) is 0 Å². The standard InChI is InChI=1S/C14H23N3O2/c1-2-16-5-7-17(8-6-16)14(19)12-9-11(12)13(18)15-10-3-4-10/h10-12H,2-9H2,1H3,(H,15,18). The summed E-state index contributed by atoms with van der Waals surface area (Å²) in [5.74, 6) is 0.226. The molecule has 3 rings (SSSR count). The van der Waals surface area contributed by atoms with E-state index in [-0.39, 0.29) is 23.7 Å². The third kappa shape index (κ3) is 2.91. The first kappa shape index (κ1) is 12.9. The molecular weight excluding hydrogens is 242 g/mol. The number of rotatable bonds is 4. The van der Waals surface area contributed by atoms with Crippen molar-refractivity contribution in [1.82, 2.24) is 15.1 Å². The van der Waals surface area contributed by atoms with E-state index < -0.39 is 0 Å². The van der Waals surface area contributed by atoms with E-state index in [2.05, 4.69) is 17.1 Å². The lowest BCUT2D eigenvalue weighted by Gasteiger charge is -2.34. The molecule has 0 aromatic heterocycles. The third-order valence-corrected chi connectivity index (χ3v) is 4.50. The highest BCUT2D eigenvalue weighted by Crippen LogP contribution is 2.41. The molecule has 0 bridgehead atoms. The fourth-order valence-corrected chi connectivity index (χ4v) is 2.81. The summed E-state index contributed by atoms with van der Waals surface area (Å²) < 4.78 is 0. The highest BCUT2D eigenvalue weighted by molar-refractivity contribution is 5.92. The minimum absolute atomic E-state index is 0.0353. The van der Waals surface area contributed by atoms with Crippen molar-refractivity contribution in [2.24, 2.45) is 11.8 Å². The highest BCUT2D eigenvalue weighted by Gasteiger charge is 2.50. The second kappa shape index (κ2) is 5.12. The molecule has 2 unspecified atom stereocenters. The summed E-state index contributed by atoms with van der Waals surface area (Å²) in [5.41, 5.74) is 0. The summed E-state index contributed by atoms with van der Waals surface area (Å²) in [6.45, 7) is 6.77. The molecule has 1 saturated heterocycles. The second-order valence-corrected chi connectivity index (χ2v) is 5.99. The zero-order valence-corrected chi connectivity index (χ0v) is 11.6. The Balaban J connectivity index is 1.45. The average molecular weight is 265 g/mol. The lowest BCUT2D eigenvalue weighted by molar-refractivity contribution is -0.136. The minimum atomic E-state index is -0.0442. The SMILES string of the molecule is CCN1CCN(C(=O)C2CC2C(=O)NC2CC2)CC1. The van der Waals surface area contributed by atoms with Crippen molar-refractivity contribution in [3.63, 3.8) is 0 Å². The fraction of sp³-hybridized carbons (Fsp3) is 0.857. The van der Waals surface area contributed by atoms with Crippen molar-refractivity contribution in [3.8, 4) is 0 Å². The molecule has 19 heavy (non-hydrogen) atoms. The van der Waals surface area contributed by atoms with E-state index in [1.807, 2.05) is 4.90 Å². The Kier molecular flexibility index (Phi) is 3.48. The highest BCUT2D eigenvalue weighted by atomic mass is 16.2. The fourth-order valence-electron chi connectivity index (χ4n) is 2.81. The van der Waals surface area contributed by atoms with Crippen molar-refractivity contribution in [3.05, 3.63) is 0 Å². The van der Waals surface area contributed by atoms with Gasteiger partial charge in [-0.2, -0.15) is 0 Å². The lowest BCUT2D eigenvalue weighted by Crippen LogP contribution is -2.49. The number of hydrogen-bond donors (Lipinski definition) is 1. The van der Waals surface area contributed by atoms with Crippen LogP contribution in [-0.4, -0.2) is 60.4 Å². The maximum absolute atomic E-state index is 12.3. The van der Waals surface area contributed by atoms with Gasteiger partial charge in [0.05, 0.1) is 11.8 Å². The normalized spacial score (nSPS) is 31.1. The molecule has 5 nitrogen and oxygen atoms in total. The predicted molar refractivity (Wildman–Crippen MR) is 71.5 cm³/mol. The van der Waals surface area contributed by atoms with Crippen LogP contribution in [0.4, 0.5) is 0 Å². The molecular formula is C14H23N3O2. The zero-order chi connectivity index (χ0) is 13.4. The molecule has 0 spiro atoms. The number of carbonyl (C=O) groups excluding carboxylic acids is 2. The number of carbonyl (C=O) groups is 2. The van der Waals surface area contributed by atoms with Crippen LogP contribution in [0.25, 0.3) is 0 Å². The number of nitrogens with one attached hydrogen (secondary N) is 1. The van der Waals surface area contributed by atoms with Gasteiger partial charge in [-0.05, 0) is 25.8 Å². The van der Waals surface area contributed by atoms with E-state index >= 15 is 0 Å². The molecule has 106 valence electrons. The summed E-state index contributed by atoms with van der Waals surface area (Å²) in [4.78, 5) is 28.5. The molecule has 0 radical (unpaired) electrons. The molecule has 3 fully saturated rings. The second-order valence-electron chi connectivity index (χ2n) is 5.99. The molecule has 1 heterocycles. The van der Waals surface area contributed by atoms with Crippen LogP contribution >= 0.6 is 0 Å². The Labute approximate surface area is 114 Å². The van der Waals surface area contributed by atoms with Crippen molar-refractivity contribution in [2.75, 3.05) is 32.7 Å². The van der Waals surface area contributed by atoms with E-state index in [1.165, 1.54) is 0 Å². The van der Waals surface area contributed by atoms with Gasteiger partial charge in [0.2, 0.25) is 11.8 Å².